The van der Waals surface area contributed by atoms with Crippen molar-refractivity contribution in [1.82, 2.24) is 9.97 Å². The van der Waals surface area contributed by atoms with Crippen LogP contribution in [-0.2, 0) is 0 Å². The molecule has 0 spiro atoms. The molecule has 0 radical (unpaired) electrons. The van der Waals surface area contributed by atoms with Crippen molar-refractivity contribution < 1.29 is 9.23 Å². The third-order valence-electron chi connectivity index (χ3n) is 2.91. The summed E-state index contributed by atoms with van der Waals surface area (Å²) in [5.74, 6) is -0.507. The van der Waals surface area contributed by atoms with Gasteiger partial charge in [0, 0.05) is 5.92 Å². The first-order chi connectivity index (χ1) is 10.7. The maximum Gasteiger partial charge on any atom is 0.347 e. The van der Waals surface area contributed by atoms with Gasteiger partial charge in [0.25, 0.3) is 0 Å². The van der Waals surface area contributed by atoms with Crippen LogP contribution in [0.2, 0.25) is 0 Å². The van der Waals surface area contributed by atoms with E-state index in [0.29, 0.717) is 0 Å². The number of rotatable bonds is 6. The highest BCUT2D eigenvalue weighted by Gasteiger charge is 2.11. The summed E-state index contributed by atoms with van der Waals surface area (Å²) in [6.07, 6.45) is 11.1. The highest BCUT2D eigenvalue weighted by atomic mass is 19.1. The van der Waals surface area contributed by atoms with E-state index in [0.717, 1.165) is 18.3 Å². The van der Waals surface area contributed by atoms with E-state index in [9.17, 15) is 4.39 Å². The smallest absolute Gasteiger partial charge is 0.329 e. The number of aliphatic imine (C=N–C) groups is 1. The number of nitrogens with one attached hydrogen (secondary N) is 1. The highest BCUT2D eigenvalue weighted by Crippen LogP contribution is 2.15. The van der Waals surface area contributed by atoms with Gasteiger partial charge in [0.2, 0.25) is 0 Å². The molecule has 0 amide bonds. The first kappa shape index (κ1) is 15.8. The van der Waals surface area contributed by atoms with E-state index < -0.39 is 5.82 Å². The molecule has 0 fully saturated rings. The fourth-order valence-electron chi connectivity index (χ4n) is 1.73. The fourth-order valence-corrected chi connectivity index (χ4v) is 1.73. The van der Waals surface area contributed by atoms with Crippen LogP contribution in [0.25, 0.3) is 0 Å². The summed E-state index contributed by atoms with van der Waals surface area (Å²) in [6.45, 7) is 1.95. The Balaban J connectivity index is 2.03. The van der Waals surface area contributed by atoms with Crippen LogP contribution in [0.5, 0.6) is 6.01 Å². The number of oxime groups is 1. The average molecular weight is 304 g/mol. The summed E-state index contributed by atoms with van der Waals surface area (Å²) < 4.78 is 13.5. The number of allylic oxidation sites excluding steroid dienone is 4. The molecular formula is C14H17FN6O. The first-order valence-corrected chi connectivity index (χ1v) is 6.73. The van der Waals surface area contributed by atoms with Crippen LogP contribution in [0.3, 0.4) is 0 Å². The molecule has 1 aliphatic rings. The second-order valence-corrected chi connectivity index (χ2v) is 4.47. The molecule has 0 aromatic carbocycles. The van der Waals surface area contributed by atoms with Crippen molar-refractivity contribution in [3.8, 4) is 6.01 Å². The third kappa shape index (κ3) is 4.45. The lowest BCUT2D eigenvalue weighted by Gasteiger charge is -2.11. The number of nitrogens with two attached hydrogens (primary N) is 1. The Morgan fingerprint density at radius 2 is 2.45 bits per heavy atom. The lowest BCUT2D eigenvalue weighted by Crippen LogP contribution is -2.11. The maximum absolute atomic E-state index is 13.5. The SMILES string of the molecule is C/C(=N\Oc1ncc(F)c(NC=NCN)n1)C1C=CC=CC1. The largest absolute Gasteiger partial charge is 0.347 e. The molecule has 0 saturated heterocycles. The van der Waals surface area contributed by atoms with Gasteiger partial charge in [-0.2, -0.15) is 9.97 Å². The Kier molecular flexibility index (Phi) is 5.73. The lowest BCUT2D eigenvalue weighted by molar-refractivity contribution is 0.309. The summed E-state index contributed by atoms with van der Waals surface area (Å²) in [4.78, 5) is 16.5. The second-order valence-electron chi connectivity index (χ2n) is 4.47. The highest BCUT2D eigenvalue weighted by molar-refractivity contribution is 5.85. The number of hydrogen-bond acceptors (Lipinski definition) is 6. The third-order valence-corrected chi connectivity index (χ3v) is 2.91. The molecule has 1 aromatic rings. The molecule has 1 aromatic heterocycles. The molecule has 0 bridgehead atoms. The Bertz CT molecular complexity index is 626. The van der Waals surface area contributed by atoms with Crippen molar-refractivity contribution in [3.63, 3.8) is 0 Å². The van der Waals surface area contributed by atoms with Gasteiger partial charge in [-0.25, -0.2) is 4.39 Å². The number of anilines is 1. The normalized spacial score (nSPS) is 18.0. The van der Waals surface area contributed by atoms with Gasteiger partial charge in [0.1, 0.15) is 0 Å². The summed E-state index contributed by atoms with van der Waals surface area (Å²) in [6, 6.07) is -0.0558. The molecule has 1 atom stereocenters. The van der Waals surface area contributed by atoms with Crippen molar-refractivity contribution >= 4 is 17.9 Å². The molecule has 22 heavy (non-hydrogen) atoms. The summed E-state index contributed by atoms with van der Waals surface area (Å²) in [5.41, 5.74) is 5.98. The predicted octanol–water partition coefficient (Wildman–Crippen LogP) is 1.86. The summed E-state index contributed by atoms with van der Waals surface area (Å²) >= 11 is 0. The number of aromatic nitrogens is 2. The monoisotopic (exact) mass is 304 g/mol. The van der Waals surface area contributed by atoms with Gasteiger partial charge in [-0.3, -0.25) is 4.99 Å². The molecular weight excluding hydrogens is 287 g/mol. The van der Waals surface area contributed by atoms with E-state index in [2.05, 4.69) is 31.5 Å². The van der Waals surface area contributed by atoms with E-state index in [-0.39, 0.29) is 24.4 Å². The molecule has 1 unspecified atom stereocenters. The topological polar surface area (TPSA) is 97.8 Å². The minimum Gasteiger partial charge on any atom is -0.329 e. The molecule has 8 heteroatoms. The molecule has 1 heterocycles. The first-order valence-electron chi connectivity index (χ1n) is 6.73. The number of nitrogens with zero attached hydrogens (tertiary/aromatic N) is 4. The Morgan fingerprint density at radius 3 is 3.18 bits per heavy atom. The summed E-state index contributed by atoms with van der Waals surface area (Å²) in [7, 11) is 0. The molecule has 3 N–H and O–H groups in total. The van der Waals surface area contributed by atoms with Gasteiger partial charge in [0.15, 0.2) is 11.6 Å². The summed E-state index contributed by atoms with van der Waals surface area (Å²) in [5, 5.41) is 6.55. The average Bonchev–Trinajstić information content (AvgIpc) is 2.56. The standard InChI is InChI=1S/C14H17FN6O/c1-10(11-5-3-2-4-6-11)21-22-14-18-7-12(15)13(20-14)19-9-17-8-16/h2-5,7,9,11H,6,8,16H2,1H3,(H,17,18,19,20)/b21-10+. The van der Waals surface area contributed by atoms with Gasteiger partial charge >= 0.3 is 6.01 Å². The van der Waals surface area contributed by atoms with E-state index in [1.165, 1.54) is 6.34 Å². The molecule has 116 valence electrons. The van der Waals surface area contributed by atoms with Crippen LogP contribution < -0.4 is 15.9 Å². The quantitative estimate of drug-likeness (QED) is 0.475. The van der Waals surface area contributed by atoms with Gasteiger partial charge in [-0.05, 0) is 13.3 Å². The minimum absolute atomic E-state index is 0.0558. The van der Waals surface area contributed by atoms with Crippen LogP contribution in [-0.4, -0.2) is 28.7 Å². The van der Waals surface area contributed by atoms with Crippen LogP contribution in [0.4, 0.5) is 10.2 Å². The maximum atomic E-state index is 13.5. The van der Waals surface area contributed by atoms with Crippen molar-refractivity contribution in [2.75, 3.05) is 12.0 Å². The zero-order chi connectivity index (χ0) is 15.8. The zero-order valence-corrected chi connectivity index (χ0v) is 12.1. The minimum atomic E-state index is -0.628. The Morgan fingerprint density at radius 1 is 1.59 bits per heavy atom. The van der Waals surface area contributed by atoms with Crippen LogP contribution in [0, 0.1) is 11.7 Å². The second kappa shape index (κ2) is 7.99. The van der Waals surface area contributed by atoms with E-state index in [4.69, 9.17) is 10.6 Å². The van der Waals surface area contributed by atoms with Gasteiger partial charge in [-0.1, -0.05) is 29.5 Å². The van der Waals surface area contributed by atoms with Crippen LogP contribution in [0.15, 0.2) is 40.6 Å². The van der Waals surface area contributed by atoms with Crippen molar-refractivity contribution in [1.29, 1.82) is 0 Å². The van der Waals surface area contributed by atoms with Crippen molar-refractivity contribution in [3.05, 3.63) is 36.3 Å². The number of hydrogen-bond donors (Lipinski definition) is 2. The fraction of sp³-hybridized carbons (Fsp3) is 0.286. The van der Waals surface area contributed by atoms with Gasteiger partial charge in [0.05, 0.1) is 24.9 Å². The molecule has 1 aliphatic carbocycles. The van der Waals surface area contributed by atoms with Crippen LogP contribution >= 0.6 is 0 Å². The Hall–Kier alpha value is -2.61. The van der Waals surface area contributed by atoms with Crippen molar-refractivity contribution in [2.45, 2.75) is 13.3 Å². The predicted molar refractivity (Wildman–Crippen MR) is 83.3 cm³/mol. The van der Waals surface area contributed by atoms with E-state index in [1.807, 2.05) is 25.2 Å². The van der Waals surface area contributed by atoms with Gasteiger partial charge < -0.3 is 15.9 Å². The lowest BCUT2D eigenvalue weighted by atomic mass is 9.97. The molecule has 7 nitrogen and oxygen atoms in total. The Labute approximate surface area is 127 Å². The zero-order valence-electron chi connectivity index (χ0n) is 12.1. The van der Waals surface area contributed by atoms with E-state index in [1.54, 1.807) is 0 Å². The van der Waals surface area contributed by atoms with Gasteiger partial charge in [-0.15, -0.1) is 0 Å². The van der Waals surface area contributed by atoms with Crippen LogP contribution in [0.1, 0.15) is 13.3 Å². The van der Waals surface area contributed by atoms with Crippen molar-refractivity contribution in [2.24, 2.45) is 21.8 Å². The number of halogens is 1. The molecule has 0 aliphatic heterocycles. The van der Waals surface area contributed by atoms with E-state index >= 15 is 0 Å². The molecule has 0 saturated carbocycles. The molecule has 2 rings (SSSR count).